The van der Waals surface area contributed by atoms with Gasteiger partial charge in [0.05, 0.1) is 21.3 Å². The number of rotatable bonds is 7. The van der Waals surface area contributed by atoms with Crippen molar-refractivity contribution < 1.29 is 8.42 Å². The zero-order valence-electron chi connectivity index (χ0n) is 19.1. The number of nitrogens with zero attached hydrogens (tertiary/aromatic N) is 5. The van der Waals surface area contributed by atoms with Gasteiger partial charge in [-0.1, -0.05) is 42.1 Å². The Morgan fingerprint density at radius 3 is 2.36 bits per heavy atom. The van der Waals surface area contributed by atoms with E-state index in [4.69, 9.17) is 0 Å². The molecule has 0 amide bonds. The highest BCUT2D eigenvalue weighted by Gasteiger charge is 2.22. The van der Waals surface area contributed by atoms with Gasteiger partial charge in [-0.05, 0) is 44.0 Å². The van der Waals surface area contributed by atoms with E-state index in [1.807, 2.05) is 23.6 Å². The van der Waals surface area contributed by atoms with Crippen LogP contribution in [0.3, 0.4) is 0 Å². The Hall–Kier alpha value is -2.53. The van der Waals surface area contributed by atoms with Crippen LogP contribution in [0, 0.1) is 20.8 Å². The second-order valence-corrected chi connectivity index (χ2v) is 12.0. The molecule has 0 atom stereocenters. The molecular formula is C23H25N5O2S3. The Balaban J connectivity index is 1.85. The molecule has 0 aliphatic heterocycles. The fourth-order valence-corrected chi connectivity index (χ4v) is 6.03. The molecule has 0 aliphatic carbocycles. The quantitative estimate of drug-likeness (QED) is 0.338. The minimum absolute atomic E-state index is 0.216. The molecule has 172 valence electrons. The molecule has 0 saturated carbocycles. The Morgan fingerprint density at radius 2 is 1.73 bits per heavy atom. The summed E-state index contributed by atoms with van der Waals surface area (Å²) in [5.41, 5.74) is 4.85. The van der Waals surface area contributed by atoms with Crippen LogP contribution in [0.5, 0.6) is 0 Å². The van der Waals surface area contributed by atoms with Gasteiger partial charge in [-0.15, -0.1) is 21.5 Å². The second kappa shape index (κ2) is 9.38. The summed E-state index contributed by atoms with van der Waals surface area (Å²) >= 11 is 3.19. The fourth-order valence-electron chi connectivity index (χ4n) is 3.53. The van der Waals surface area contributed by atoms with Gasteiger partial charge in [0.15, 0.2) is 11.0 Å². The van der Waals surface area contributed by atoms with Crippen LogP contribution >= 0.6 is 23.1 Å². The Bertz CT molecular complexity index is 1390. The van der Waals surface area contributed by atoms with E-state index in [1.165, 1.54) is 18.4 Å². The summed E-state index contributed by atoms with van der Waals surface area (Å²) in [7, 11) is -0.527. The van der Waals surface area contributed by atoms with E-state index in [2.05, 4.69) is 46.5 Å². The average Bonchev–Trinajstić information content (AvgIpc) is 3.38. The molecule has 10 heteroatoms. The summed E-state index contributed by atoms with van der Waals surface area (Å²) in [6, 6.07) is 13.0. The van der Waals surface area contributed by atoms with Crippen LogP contribution in [0.4, 0.5) is 0 Å². The zero-order chi connectivity index (χ0) is 23.8. The van der Waals surface area contributed by atoms with Crippen molar-refractivity contribution in [1.29, 1.82) is 0 Å². The van der Waals surface area contributed by atoms with E-state index in [9.17, 15) is 8.42 Å². The lowest BCUT2D eigenvalue weighted by atomic mass is 10.1. The average molecular weight is 500 g/mol. The lowest BCUT2D eigenvalue weighted by Crippen LogP contribution is -2.22. The molecule has 4 aromatic rings. The van der Waals surface area contributed by atoms with Gasteiger partial charge in [-0.3, -0.25) is 4.57 Å². The number of thiazole rings is 1. The Morgan fingerprint density at radius 1 is 1.03 bits per heavy atom. The third kappa shape index (κ3) is 4.74. The summed E-state index contributed by atoms with van der Waals surface area (Å²) in [5.74, 6) is 1.27. The molecular weight excluding hydrogens is 474 g/mol. The first-order valence-corrected chi connectivity index (χ1v) is 13.6. The fraction of sp³-hybridized carbons (Fsp3) is 0.261. The molecule has 4 rings (SSSR count). The monoisotopic (exact) mass is 499 g/mol. The maximum atomic E-state index is 12.7. The van der Waals surface area contributed by atoms with Gasteiger partial charge in [0.2, 0.25) is 10.0 Å². The SMILES string of the molecule is Cc1nc(CSc2nnc(-c3cccc(S(=O)(=O)N(C)C)c3)n2-c2c(C)cccc2C)cs1. The van der Waals surface area contributed by atoms with Crippen LogP contribution < -0.4 is 0 Å². The Labute approximate surface area is 202 Å². The first-order valence-electron chi connectivity index (χ1n) is 10.3. The molecule has 0 spiro atoms. The van der Waals surface area contributed by atoms with E-state index >= 15 is 0 Å². The topological polar surface area (TPSA) is 81.0 Å². The molecule has 33 heavy (non-hydrogen) atoms. The highest BCUT2D eigenvalue weighted by molar-refractivity contribution is 7.98. The lowest BCUT2D eigenvalue weighted by Gasteiger charge is -2.16. The van der Waals surface area contributed by atoms with Crippen LogP contribution in [-0.4, -0.2) is 46.6 Å². The maximum Gasteiger partial charge on any atom is 0.242 e. The van der Waals surface area contributed by atoms with Crippen molar-refractivity contribution in [2.45, 2.75) is 36.6 Å². The van der Waals surface area contributed by atoms with Gasteiger partial charge in [0.1, 0.15) is 0 Å². The van der Waals surface area contributed by atoms with Crippen molar-refractivity contribution in [3.05, 3.63) is 69.7 Å². The van der Waals surface area contributed by atoms with E-state index in [0.29, 0.717) is 17.1 Å². The predicted molar refractivity (Wildman–Crippen MR) is 134 cm³/mol. The van der Waals surface area contributed by atoms with E-state index in [0.717, 1.165) is 32.7 Å². The van der Waals surface area contributed by atoms with Crippen molar-refractivity contribution >= 4 is 33.1 Å². The van der Waals surface area contributed by atoms with Crippen molar-refractivity contribution in [3.63, 3.8) is 0 Å². The van der Waals surface area contributed by atoms with Crippen molar-refractivity contribution in [1.82, 2.24) is 24.1 Å². The van der Waals surface area contributed by atoms with Gasteiger partial charge in [-0.25, -0.2) is 17.7 Å². The minimum atomic E-state index is -3.57. The number of aromatic nitrogens is 4. The number of benzene rings is 2. The molecule has 0 unspecified atom stereocenters. The first-order chi connectivity index (χ1) is 15.7. The number of hydrogen-bond donors (Lipinski definition) is 0. The number of sulfonamides is 1. The molecule has 0 saturated heterocycles. The van der Waals surface area contributed by atoms with Crippen LogP contribution in [-0.2, 0) is 15.8 Å². The molecule has 7 nitrogen and oxygen atoms in total. The third-order valence-electron chi connectivity index (χ3n) is 5.18. The van der Waals surface area contributed by atoms with E-state index in [-0.39, 0.29) is 4.90 Å². The highest BCUT2D eigenvalue weighted by atomic mass is 32.2. The summed E-state index contributed by atoms with van der Waals surface area (Å²) in [5, 5.41) is 12.8. The molecule has 0 radical (unpaired) electrons. The van der Waals surface area contributed by atoms with E-state index < -0.39 is 10.0 Å². The summed E-state index contributed by atoms with van der Waals surface area (Å²) in [6.45, 7) is 6.10. The maximum absolute atomic E-state index is 12.7. The van der Waals surface area contributed by atoms with Gasteiger partial charge in [0.25, 0.3) is 0 Å². The molecule has 0 aliphatic rings. The highest BCUT2D eigenvalue weighted by Crippen LogP contribution is 2.33. The normalized spacial score (nSPS) is 11.9. The summed E-state index contributed by atoms with van der Waals surface area (Å²) in [4.78, 5) is 4.77. The smallest absolute Gasteiger partial charge is 0.242 e. The van der Waals surface area contributed by atoms with Gasteiger partial charge < -0.3 is 0 Å². The zero-order valence-corrected chi connectivity index (χ0v) is 21.6. The second-order valence-electron chi connectivity index (χ2n) is 7.84. The van der Waals surface area contributed by atoms with Gasteiger partial charge in [0, 0.05) is 30.8 Å². The Kier molecular flexibility index (Phi) is 6.71. The van der Waals surface area contributed by atoms with Gasteiger partial charge in [-0.2, -0.15) is 0 Å². The predicted octanol–water partition coefficient (Wildman–Crippen LogP) is 4.86. The standard InChI is InChI=1S/C23H25N5O2S3/c1-15-8-6-9-16(2)21(15)28-22(18-10-7-11-20(12-18)33(29,30)27(4)5)25-26-23(28)32-14-19-13-31-17(3)24-19/h6-13H,14H2,1-5H3. The minimum Gasteiger partial charge on any atom is -0.269 e. The summed E-state index contributed by atoms with van der Waals surface area (Å²) < 4.78 is 28.7. The molecule has 0 fully saturated rings. The largest absolute Gasteiger partial charge is 0.269 e. The van der Waals surface area contributed by atoms with Crippen LogP contribution in [0.1, 0.15) is 21.8 Å². The van der Waals surface area contributed by atoms with E-state index in [1.54, 1.807) is 41.3 Å². The number of hydrogen-bond acceptors (Lipinski definition) is 7. The summed E-state index contributed by atoms with van der Waals surface area (Å²) in [6.07, 6.45) is 0. The van der Waals surface area contributed by atoms with Crippen LogP contribution in [0.15, 0.2) is 57.9 Å². The number of thioether (sulfide) groups is 1. The van der Waals surface area contributed by atoms with Crippen molar-refractivity contribution in [2.75, 3.05) is 14.1 Å². The lowest BCUT2D eigenvalue weighted by molar-refractivity contribution is 0.521. The molecule has 0 bridgehead atoms. The van der Waals surface area contributed by atoms with Crippen molar-refractivity contribution in [2.24, 2.45) is 0 Å². The first kappa shape index (κ1) is 23.6. The molecule has 2 aromatic heterocycles. The van der Waals surface area contributed by atoms with Crippen molar-refractivity contribution in [3.8, 4) is 17.1 Å². The van der Waals surface area contributed by atoms with Crippen LogP contribution in [0.25, 0.3) is 17.1 Å². The molecule has 2 heterocycles. The third-order valence-corrected chi connectivity index (χ3v) is 8.78. The molecule has 2 aromatic carbocycles. The van der Waals surface area contributed by atoms with Gasteiger partial charge >= 0.3 is 0 Å². The van der Waals surface area contributed by atoms with Crippen LogP contribution in [0.2, 0.25) is 0 Å². The number of para-hydroxylation sites is 1. The molecule has 0 N–H and O–H groups in total. The number of aryl methyl sites for hydroxylation is 3.